The standard InChI is InChI=1S/C13H26N4O2/c1-14-6-3-7-16-8-10-17(11-9-16)13(19)5-4-12(18)15-2/h14H,3-11H2,1-2H3,(H,15,18). The van der Waals surface area contributed by atoms with E-state index in [0.29, 0.717) is 6.42 Å². The molecule has 0 unspecified atom stereocenters. The summed E-state index contributed by atoms with van der Waals surface area (Å²) in [6.45, 7) is 5.56. The summed E-state index contributed by atoms with van der Waals surface area (Å²) in [6.07, 6.45) is 1.75. The summed E-state index contributed by atoms with van der Waals surface area (Å²) in [5, 5.41) is 5.67. The van der Waals surface area contributed by atoms with Crippen LogP contribution in [0.25, 0.3) is 0 Å². The molecule has 2 amide bonds. The second kappa shape index (κ2) is 8.87. The Morgan fingerprint density at radius 2 is 1.74 bits per heavy atom. The van der Waals surface area contributed by atoms with Crippen LogP contribution in [0, 0.1) is 0 Å². The number of hydrogen-bond donors (Lipinski definition) is 2. The van der Waals surface area contributed by atoms with E-state index in [2.05, 4.69) is 15.5 Å². The van der Waals surface area contributed by atoms with Crippen LogP contribution in [0.1, 0.15) is 19.3 Å². The van der Waals surface area contributed by atoms with Crippen LogP contribution in [0.2, 0.25) is 0 Å². The number of nitrogens with one attached hydrogen (secondary N) is 2. The predicted octanol–water partition coefficient (Wildman–Crippen LogP) is -0.734. The van der Waals surface area contributed by atoms with Crippen LogP contribution < -0.4 is 10.6 Å². The molecular formula is C13H26N4O2. The van der Waals surface area contributed by atoms with Gasteiger partial charge in [0.1, 0.15) is 0 Å². The van der Waals surface area contributed by atoms with Crippen LogP contribution >= 0.6 is 0 Å². The topological polar surface area (TPSA) is 64.7 Å². The van der Waals surface area contributed by atoms with Gasteiger partial charge in [0.2, 0.25) is 11.8 Å². The highest BCUT2D eigenvalue weighted by Crippen LogP contribution is 2.05. The van der Waals surface area contributed by atoms with Crippen molar-refractivity contribution in [2.24, 2.45) is 0 Å². The van der Waals surface area contributed by atoms with E-state index < -0.39 is 0 Å². The molecule has 6 nitrogen and oxygen atoms in total. The van der Waals surface area contributed by atoms with Gasteiger partial charge >= 0.3 is 0 Å². The third kappa shape index (κ3) is 6.02. The van der Waals surface area contributed by atoms with E-state index in [1.165, 1.54) is 0 Å². The summed E-state index contributed by atoms with van der Waals surface area (Å²) in [5.74, 6) is 0.0255. The molecule has 0 atom stereocenters. The van der Waals surface area contributed by atoms with Crippen LogP contribution in [0.3, 0.4) is 0 Å². The van der Waals surface area contributed by atoms with Gasteiger partial charge in [-0.3, -0.25) is 14.5 Å². The Morgan fingerprint density at radius 1 is 1.05 bits per heavy atom. The highest BCUT2D eigenvalue weighted by Gasteiger charge is 2.20. The summed E-state index contributed by atoms with van der Waals surface area (Å²) in [7, 11) is 3.56. The highest BCUT2D eigenvalue weighted by atomic mass is 16.2. The number of carbonyl (C=O) groups excluding carboxylic acids is 2. The van der Waals surface area contributed by atoms with Crippen LogP contribution in [0.4, 0.5) is 0 Å². The minimum Gasteiger partial charge on any atom is -0.359 e. The van der Waals surface area contributed by atoms with Crippen molar-refractivity contribution in [2.75, 3.05) is 53.4 Å². The highest BCUT2D eigenvalue weighted by molar-refractivity contribution is 5.83. The lowest BCUT2D eigenvalue weighted by Crippen LogP contribution is -2.49. The zero-order chi connectivity index (χ0) is 14.1. The van der Waals surface area contributed by atoms with Crippen molar-refractivity contribution in [3.63, 3.8) is 0 Å². The molecule has 110 valence electrons. The second-order valence-corrected chi connectivity index (χ2v) is 4.85. The summed E-state index contributed by atoms with van der Waals surface area (Å²) < 4.78 is 0. The van der Waals surface area contributed by atoms with E-state index in [0.717, 1.165) is 45.7 Å². The minimum atomic E-state index is -0.0703. The molecule has 1 aliphatic heterocycles. The predicted molar refractivity (Wildman–Crippen MR) is 74.9 cm³/mol. The number of carbonyl (C=O) groups is 2. The molecule has 1 aliphatic rings. The maximum absolute atomic E-state index is 11.9. The smallest absolute Gasteiger partial charge is 0.223 e. The van der Waals surface area contributed by atoms with Gasteiger partial charge in [-0.2, -0.15) is 0 Å². The average Bonchev–Trinajstić information content (AvgIpc) is 2.45. The van der Waals surface area contributed by atoms with Crippen LogP contribution in [0.15, 0.2) is 0 Å². The van der Waals surface area contributed by atoms with Crippen LogP contribution in [-0.2, 0) is 9.59 Å². The monoisotopic (exact) mass is 270 g/mol. The fraction of sp³-hybridized carbons (Fsp3) is 0.846. The molecular weight excluding hydrogens is 244 g/mol. The Balaban J connectivity index is 2.18. The molecule has 0 aliphatic carbocycles. The zero-order valence-corrected chi connectivity index (χ0v) is 12.1. The molecule has 1 rings (SSSR count). The molecule has 1 saturated heterocycles. The van der Waals surface area contributed by atoms with E-state index in [-0.39, 0.29) is 18.2 Å². The fourth-order valence-electron chi connectivity index (χ4n) is 2.20. The van der Waals surface area contributed by atoms with Gasteiger partial charge in [0.05, 0.1) is 0 Å². The van der Waals surface area contributed by atoms with Crippen molar-refractivity contribution in [3.05, 3.63) is 0 Å². The summed E-state index contributed by atoms with van der Waals surface area (Å²) in [4.78, 5) is 27.3. The Hall–Kier alpha value is -1.14. The average molecular weight is 270 g/mol. The fourth-order valence-corrected chi connectivity index (χ4v) is 2.20. The third-order valence-corrected chi connectivity index (χ3v) is 3.47. The first-order valence-corrected chi connectivity index (χ1v) is 7.02. The molecule has 1 heterocycles. The molecule has 0 bridgehead atoms. The lowest BCUT2D eigenvalue weighted by Gasteiger charge is -2.34. The van der Waals surface area contributed by atoms with E-state index in [1.54, 1.807) is 7.05 Å². The van der Waals surface area contributed by atoms with Crippen molar-refractivity contribution in [2.45, 2.75) is 19.3 Å². The van der Waals surface area contributed by atoms with E-state index in [4.69, 9.17) is 0 Å². The van der Waals surface area contributed by atoms with Gasteiger partial charge < -0.3 is 15.5 Å². The van der Waals surface area contributed by atoms with Gasteiger partial charge in [-0.15, -0.1) is 0 Å². The number of amides is 2. The van der Waals surface area contributed by atoms with Crippen LogP contribution in [0.5, 0.6) is 0 Å². The second-order valence-electron chi connectivity index (χ2n) is 4.85. The molecule has 0 spiro atoms. The maximum Gasteiger partial charge on any atom is 0.223 e. The largest absolute Gasteiger partial charge is 0.359 e. The Morgan fingerprint density at radius 3 is 2.32 bits per heavy atom. The maximum atomic E-state index is 11.9. The van der Waals surface area contributed by atoms with Gasteiger partial charge in [0.15, 0.2) is 0 Å². The molecule has 2 N–H and O–H groups in total. The summed E-state index contributed by atoms with van der Waals surface area (Å²) in [6, 6.07) is 0. The molecule has 0 aromatic heterocycles. The van der Waals surface area contributed by atoms with Gasteiger partial charge in [-0.05, 0) is 26.6 Å². The lowest BCUT2D eigenvalue weighted by atomic mass is 10.2. The van der Waals surface area contributed by atoms with Crippen molar-refractivity contribution in [3.8, 4) is 0 Å². The first kappa shape index (κ1) is 15.9. The van der Waals surface area contributed by atoms with E-state index in [9.17, 15) is 9.59 Å². The zero-order valence-electron chi connectivity index (χ0n) is 12.1. The van der Waals surface area contributed by atoms with E-state index >= 15 is 0 Å². The summed E-state index contributed by atoms with van der Waals surface area (Å²) in [5.41, 5.74) is 0. The summed E-state index contributed by atoms with van der Waals surface area (Å²) >= 11 is 0. The first-order valence-electron chi connectivity index (χ1n) is 7.02. The number of nitrogens with zero attached hydrogens (tertiary/aromatic N) is 2. The minimum absolute atomic E-state index is 0.0703. The third-order valence-electron chi connectivity index (χ3n) is 3.47. The van der Waals surface area contributed by atoms with Gasteiger partial charge in [0, 0.05) is 46.1 Å². The van der Waals surface area contributed by atoms with Gasteiger partial charge in [-0.25, -0.2) is 0 Å². The molecule has 6 heteroatoms. The van der Waals surface area contributed by atoms with Crippen LogP contribution in [-0.4, -0.2) is 75.0 Å². The SMILES string of the molecule is CNCCCN1CCN(C(=O)CCC(=O)NC)CC1. The van der Waals surface area contributed by atoms with Gasteiger partial charge in [0.25, 0.3) is 0 Å². The Bertz CT molecular complexity index is 288. The van der Waals surface area contributed by atoms with Crippen molar-refractivity contribution < 1.29 is 9.59 Å². The van der Waals surface area contributed by atoms with E-state index in [1.807, 2.05) is 11.9 Å². The van der Waals surface area contributed by atoms with Gasteiger partial charge in [-0.1, -0.05) is 0 Å². The number of piperazine rings is 1. The molecule has 0 aromatic rings. The van der Waals surface area contributed by atoms with Crippen molar-refractivity contribution >= 4 is 11.8 Å². The molecule has 0 radical (unpaired) electrons. The van der Waals surface area contributed by atoms with Crippen molar-refractivity contribution in [1.29, 1.82) is 0 Å². The molecule has 1 fully saturated rings. The Kier molecular flexibility index (Phi) is 7.43. The normalized spacial score (nSPS) is 16.4. The molecule has 0 saturated carbocycles. The Labute approximate surface area is 115 Å². The lowest BCUT2D eigenvalue weighted by molar-refractivity contribution is -0.135. The first-order chi connectivity index (χ1) is 9.17. The number of hydrogen-bond acceptors (Lipinski definition) is 4. The molecule has 19 heavy (non-hydrogen) atoms. The quantitative estimate of drug-likeness (QED) is 0.599. The number of rotatable bonds is 7. The van der Waals surface area contributed by atoms with Crippen molar-refractivity contribution in [1.82, 2.24) is 20.4 Å². The molecule has 0 aromatic carbocycles.